The second-order valence-electron chi connectivity index (χ2n) is 7.58. The molecule has 29 heavy (non-hydrogen) atoms. The van der Waals surface area contributed by atoms with Crippen LogP contribution in [0, 0.1) is 11.8 Å². The molecule has 0 aliphatic heterocycles. The van der Waals surface area contributed by atoms with Gasteiger partial charge in [-0.15, -0.1) is 0 Å². The van der Waals surface area contributed by atoms with Crippen LogP contribution in [0.5, 0.6) is 0 Å². The van der Waals surface area contributed by atoms with E-state index < -0.39 is 0 Å². The summed E-state index contributed by atoms with van der Waals surface area (Å²) < 4.78 is 0. The van der Waals surface area contributed by atoms with Crippen molar-refractivity contribution in [1.82, 2.24) is 0 Å². The zero-order chi connectivity index (χ0) is 21.2. The summed E-state index contributed by atoms with van der Waals surface area (Å²) in [6.45, 7) is 8.16. The van der Waals surface area contributed by atoms with Crippen LogP contribution in [-0.4, -0.2) is 11.8 Å². The van der Waals surface area contributed by atoms with Gasteiger partial charge in [-0.3, -0.25) is 9.59 Å². The molecule has 0 atom stereocenters. The smallest absolute Gasteiger partial charge is 0.227 e. The van der Waals surface area contributed by atoms with Gasteiger partial charge in [-0.1, -0.05) is 52.0 Å². The molecule has 2 N–H and O–H groups in total. The van der Waals surface area contributed by atoms with Crippen molar-refractivity contribution in [2.45, 2.75) is 59.8 Å². The second-order valence-corrected chi connectivity index (χ2v) is 7.58. The Balaban J connectivity index is 1.93. The van der Waals surface area contributed by atoms with E-state index in [0.29, 0.717) is 0 Å². The van der Waals surface area contributed by atoms with Crippen LogP contribution in [0.15, 0.2) is 48.5 Å². The fourth-order valence-electron chi connectivity index (χ4n) is 3.46. The highest BCUT2D eigenvalue weighted by Gasteiger charge is 2.15. The minimum atomic E-state index is 0.0682. The van der Waals surface area contributed by atoms with Crippen LogP contribution in [0.2, 0.25) is 0 Å². The summed E-state index contributed by atoms with van der Waals surface area (Å²) >= 11 is 0. The number of hydrogen-bond donors (Lipinski definition) is 2. The van der Waals surface area contributed by atoms with Crippen LogP contribution in [0.4, 0.5) is 11.4 Å². The second kappa shape index (κ2) is 11.4. The van der Waals surface area contributed by atoms with E-state index in [9.17, 15) is 9.59 Å². The third kappa shape index (κ3) is 6.74. The lowest BCUT2D eigenvalue weighted by Crippen LogP contribution is -2.21. The van der Waals surface area contributed by atoms with Crippen molar-refractivity contribution in [3.8, 4) is 0 Å². The van der Waals surface area contributed by atoms with Crippen LogP contribution in [-0.2, 0) is 16.0 Å². The number of amides is 2. The standard InChI is InChI=1S/C25H34N2O2/c1-5-20(6-2)24(28)26-22-13-9-18(10-14-22)17-19-11-15-23(16-12-19)27-25(29)21(7-3)8-4/h9-16,20-21H,5-8,17H2,1-4H3,(H,26,28)(H,27,29). The minimum absolute atomic E-state index is 0.0682. The SMILES string of the molecule is CCC(CC)C(=O)Nc1ccc(Cc2ccc(NC(=O)C(CC)CC)cc2)cc1. The van der Waals surface area contributed by atoms with Crippen molar-refractivity contribution in [2.24, 2.45) is 11.8 Å². The molecule has 0 heterocycles. The van der Waals surface area contributed by atoms with Crippen molar-refractivity contribution in [1.29, 1.82) is 0 Å². The lowest BCUT2D eigenvalue weighted by atomic mass is 10.0. The van der Waals surface area contributed by atoms with Crippen molar-refractivity contribution < 1.29 is 9.59 Å². The first kappa shape index (κ1) is 22.7. The minimum Gasteiger partial charge on any atom is -0.326 e. The molecule has 0 fully saturated rings. The molecule has 2 aromatic rings. The lowest BCUT2D eigenvalue weighted by Gasteiger charge is -2.13. The molecule has 0 aliphatic rings. The Morgan fingerprint density at radius 1 is 0.621 bits per heavy atom. The largest absolute Gasteiger partial charge is 0.326 e. The van der Waals surface area contributed by atoms with Gasteiger partial charge in [0.25, 0.3) is 0 Å². The Hall–Kier alpha value is -2.62. The molecule has 156 valence electrons. The third-order valence-electron chi connectivity index (χ3n) is 5.56. The maximum atomic E-state index is 12.2. The van der Waals surface area contributed by atoms with E-state index in [4.69, 9.17) is 0 Å². The summed E-state index contributed by atoms with van der Waals surface area (Å²) in [5, 5.41) is 6.00. The Morgan fingerprint density at radius 2 is 0.931 bits per heavy atom. The van der Waals surface area contributed by atoms with Gasteiger partial charge < -0.3 is 10.6 Å². The Kier molecular flexibility index (Phi) is 8.91. The molecule has 0 bridgehead atoms. The predicted octanol–water partition coefficient (Wildman–Crippen LogP) is 6.03. The zero-order valence-corrected chi connectivity index (χ0v) is 18.1. The number of rotatable bonds is 10. The summed E-state index contributed by atoms with van der Waals surface area (Å²) in [6.07, 6.45) is 4.23. The van der Waals surface area contributed by atoms with E-state index in [2.05, 4.69) is 10.6 Å². The first-order valence-corrected chi connectivity index (χ1v) is 10.8. The monoisotopic (exact) mass is 394 g/mol. The molecule has 4 heteroatoms. The molecule has 0 unspecified atom stereocenters. The summed E-state index contributed by atoms with van der Waals surface area (Å²) in [7, 11) is 0. The van der Waals surface area contributed by atoms with E-state index in [1.54, 1.807) is 0 Å². The van der Waals surface area contributed by atoms with E-state index in [1.165, 1.54) is 11.1 Å². The molecular formula is C25H34N2O2. The topological polar surface area (TPSA) is 58.2 Å². The first-order valence-electron chi connectivity index (χ1n) is 10.8. The van der Waals surface area contributed by atoms with Crippen molar-refractivity contribution >= 4 is 23.2 Å². The van der Waals surface area contributed by atoms with Gasteiger partial charge >= 0.3 is 0 Å². The fraction of sp³-hybridized carbons (Fsp3) is 0.440. The number of nitrogens with one attached hydrogen (secondary N) is 2. The summed E-state index contributed by atoms with van der Waals surface area (Å²) in [5.41, 5.74) is 4.04. The first-order chi connectivity index (χ1) is 14.0. The summed E-state index contributed by atoms with van der Waals surface area (Å²) in [5.74, 6) is 0.319. The van der Waals surface area contributed by atoms with E-state index in [0.717, 1.165) is 43.5 Å². The van der Waals surface area contributed by atoms with Gasteiger partial charge in [0, 0.05) is 23.2 Å². The Labute approximate surface area is 175 Å². The number of anilines is 2. The van der Waals surface area contributed by atoms with Crippen LogP contribution in [0.25, 0.3) is 0 Å². The predicted molar refractivity (Wildman–Crippen MR) is 121 cm³/mol. The van der Waals surface area contributed by atoms with Gasteiger partial charge in [0.15, 0.2) is 0 Å². The maximum Gasteiger partial charge on any atom is 0.227 e. The molecule has 2 rings (SSSR count). The van der Waals surface area contributed by atoms with Crippen LogP contribution in [0.1, 0.15) is 64.5 Å². The number of benzene rings is 2. The third-order valence-corrected chi connectivity index (χ3v) is 5.56. The van der Waals surface area contributed by atoms with Crippen LogP contribution in [0.3, 0.4) is 0 Å². The van der Waals surface area contributed by atoms with Crippen molar-refractivity contribution in [2.75, 3.05) is 10.6 Å². The molecule has 2 amide bonds. The highest BCUT2D eigenvalue weighted by Crippen LogP contribution is 2.18. The average Bonchev–Trinajstić information content (AvgIpc) is 2.73. The van der Waals surface area contributed by atoms with E-state index in [1.807, 2.05) is 76.2 Å². The zero-order valence-electron chi connectivity index (χ0n) is 18.1. The van der Waals surface area contributed by atoms with Gasteiger partial charge in [0.1, 0.15) is 0 Å². The van der Waals surface area contributed by atoms with E-state index in [-0.39, 0.29) is 23.7 Å². The molecule has 0 spiro atoms. The number of hydrogen-bond acceptors (Lipinski definition) is 2. The van der Waals surface area contributed by atoms with Gasteiger partial charge in [-0.2, -0.15) is 0 Å². The van der Waals surface area contributed by atoms with Crippen molar-refractivity contribution in [3.63, 3.8) is 0 Å². The van der Waals surface area contributed by atoms with Crippen molar-refractivity contribution in [3.05, 3.63) is 59.7 Å². The number of carbonyl (C=O) groups excluding carboxylic acids is 2. The average molecular weight is 395 g/mol. The quantitative estimate of drug-likeness (QED) is 0.517. The molecule has 0 saturated heterocycles. The molecule has 2 aromatic carbocycles. The summed E-state index contributed by atoms with van der Waals surface area (Å²) in [6, 6.07) is 16.0. The maximum absolute atomic E-state index is 12.2. The van der Waals surface area contributed by atoms with Gasteiger partial charge in [0.05, 0.1) is 0 Å². The molecule has 0 aliphatic carbocycles. The highest BCUT2D eigenvalue weighted by atomic mass is 16.2. The van der Waals surface area contributed by atoms with Crippen LogP contribution >= 0.6 is 0 Å². The van der Waals surface area contributed by atoms with Gasteiger partial charge in [-0.05, 0) is 67.5 Å². The van der Waals surface area contributed by atoms with Gasteiger partial charge in [-0.25, -0.2) is 0 Å². The highest BCUT2D eigenvalue weighted by molar-refractivity contribution is 5.93. The normalized spacial score (nSPS) is 11.0. The number of carbonyl (C=O) groups is 2. The molecule has 4 nitrogen and oxygen atoms in total. The van der Waals surface area contributed by atoms with E-state index >= 15 is 0 Å². The fourth-order valence-corrected chi connectivity index (χ4v) is 3.46. The molecule has 0 saturated carbocycles. The lowest BCUT2D eigenvalue weighted by molar-refractivity contribution is -0.120. The molecule has 0 aromatic heterocycles. The van der Waals surface area contributed by atoms with Gasteiger partial charge in [0.2, 0.25) is 11.8 Å². The molecular weight excluding hydrogens is 360 g/mol. The Morgan fingerprint density at radius 3 is 1.21 bits per heavy atom. The summed E-state index contributed by atoms with van der Waals surface area (Å²) in [4.78, 5) is 24.4. The van der Waals surface area contributed by atoms with Crippen LogP contribution < -0.4 is 10.6 Å². The Bertz CT molecular complexity index is 706. The molecule has 0 radical (unpaired) electrons.